The molecule has 0 saturated heterocycles. The van der Waals surface area contributed by atoms with Gasteiger partial charge < -0.3 is 4.90 Å². The maximum absolute atomic E-state index is 13.2. The van der Waals surface area contributed by atoms with E-state index in [9.17, 15) is 14.0 Å². The lowest BCUT2D eigenvalue weighted by Gasteiger charge is -2.24. The summed E-state index contributed by atoms with van der Waals surface area (Å²) in [6, 6.07) is 7.70. The number of rotatable bonds is 8. The Labute approximate surface area is 169 Å². The minimum Gasteiger partial charge on any atom is -0.338 e. The van der Waals surface area contributed by atoms with Crippen molar-refractivity contribution in [1.29, 1.82) is 0 Å². The summed E-state index contributed by atoms with van der Waals surface area (Å²) in [5.74, 6) is -0.295. The number of unbranched alkanes of at least 4 members (excludes halogenated alkanes) is 2. The number of amides is 1. The molecule has 29 heavy (non-hydrogen) atoms. The van der Waals surface area contributed by atoms with Gasteiger partial charge in [0.2, 0.25) is 5.91 Å². The minimum atomic E-state index is -0.288. The van der Waals surface area contributed by atoms with E-state index in [1.807, 2.05) is 18.7 Å². The molecule has 0 radical (unpaired) electrons. The lowest BCUT2D eigenvalue weighted by atomic mass is 10.1. The van der Waals surface area contributed by atoms with Crippen molar-refractivity contribution >= 4 is 11.6 Å². The number of halogens is 1. The Morgan fingerprint density at radius 1 is 1.21 bits per heavy atom. The molecule has 1 N–H and O–H groups in total. The molecule has 0 unspecified atom stereocenters. The van der Waals surface area contributed by atoms with Gasteiger partial charge in [-0.1, -0.05) is 31.9 Å². The number of carbonyl (C=O) groups excluding carboxylic acids is 1. The lowest BCUT2D eigenvalue weighted by Crippen LogP contribution is -2.33. The molecular weight excluding hydrogens is 371 g/mol. The molecule has 0 saturated carbocycles. The molecule has 0 aliphatic rings. The average molecular weight is 398 g/mol. The maximum atomic E-state index is 13.2. The molecule has 1 amide bonds. The standard InChI is InChI=1S/C22H27FN4O2/c1-4-5-6-11-26(14-17-7-9-18(23)10-8-17)22(29)12-19-15(2)24-20-13-21(28)25-27(20)16(19)3/h7-10,13H,4-6,11-12,14H2,1-3H3,(H,25,28). The first-order valence-corrected chi connectivity index (χ1v) is 9.99. The van der Waals surface area contributed by atoms with Crippen molar-refractivity contribution in [2.45, 2.75) is 53.0 Å². The molecule has 0 fully saturated rings. The summed E-state index contributed by atoms with van der Waals surface area (Å²) < 4.78 is 14.8. The van der Waals surface area contributed by atoms with Gasteiger partial charge in [-0.25, -0.2) is 13.9 Å². The number of aromatic nitrogens is 3. The van der Waals surface area contributed by atoms with Crippen LogP contribution in [0.25, 0.3) is 5.65 Å². The van der Waals surface area contributed by atoms with E-state index in [0.717, 1.165) is 41.8 Å². The highest BCUT2D eigenvalue weighted by Gasteiger charge is 2.19. The predicted octanol–water partition coefficient (Wildman–Crippen LogP) is 3.54. The molecule has 3 rings (SSSR count). The second kappa shape index (κ2) is 9.03. The first-order chi connectivity index (χ1) is 13.9. The fourth-order valence-electron chi connectivity index (χ4n) is 3.53. The molecule has 6 nitrogen and oxygen atoms in total. The van der Waals surface area contributed by atoms with Crippen molar-refractivity contribution in [1.82, 2.24) is 19.5 Å². The zero-order valence-electron chi connectivity index (χ0n) is 17.2. The minimum absolute atomic E-state index is 0.00715. The number of aromatic amines is 1. The zero-order valence-corrected chi connectivity index (χ0v) is 17.2. The fraction of sp³-hybridized carbons (Fsp3) is 0.409. The number of nitrogens with zero attached hydrogens (tertiary/aromatic N) is 3. The van der Waals surface area contributed by atoms with Gasteiger partial charge in [0.15, 0.2) is 5.65 Å². The molecule has 0 bridgehead atoms. The Bertz CT molecular complexity index is 1050. The molecule has 0 aliphatic carbocycles. The van der Waals surface area contributed by atoms with E-state index in [0.29, 0.717) is 18.7 Å². The van der Waals surface area contributed by atoms with E-state index in [1.54, 1.807) is 16.6 Å². The van der Waals surface area contributed by atoms with Gasteiger partial charge in [-0.2, -0.15) is 0 Å². The Morgan fingerprint density at radius 3 is 2.62 bits per heavy atom. The van der Waals surface area contributed by atoms with Crippen LogP contribution >= 0.6 is 0 Å². The van der Waals surface area contributed by atoms with Crippen molar-refractivity contribution in [2.75, 3.05) is 6.54 Å². The van der Waals surface area contributed by atoms with E-state index < -0.39 is 0 Å². The number of H-pyrrole nitrogens is 1. The second-order valence-corrected chi connectivity index (χ2v) is 7.40. The first-order valence-electron chi connectivity index (χ1n) is 9.99. The third-order valence-electron chi connectivity index (χ3n) is 5.20. The van der Waals surface area contributed by atoms with Crippen molar-refractivity contribution < 1.29 is 9.18 Å². The molecule has 3 aromatic rings. The lowest BCUT2D eigenvalue weighted by molar-refractivity contribution is -0.131. The summed E-state index contributed by atoms with van der Waals surface area (Å²) in [6.45, 7) is 6.95. The topological polar surface area (TPSA) is 70.5 Å². The summed E-state index contributed by atoms with van der Waals surface area (Å²) in [5, 5.41) is 2.72. The van der Waals surface area contributed by atoms with E-state index in [2.05, 4.69) is 17.0 Å². The highest BCUT2D eigenvalue weighted by atomic mass is 19.1. The van der Waals surface area contributed by atoms with Crippen molar-refractivity contribution in [3.8, 4) is 0 Å². The van der Waals surface area contributed by atoms with Crippen LogP contribution in [0.5, 0.6) is 0 Å². The van der Waals surface area contributed by atoms with Gasteiger partial charge in [-0.3, -0.25) is 14.7 Å². The monoisotopic (exact) mass is 398 g/mol. The van der Waals surface area contributed by atoms with Gasteiger partial charge in [0, 0.05) is 36.1 Å². The number of aryl methyl sites for hydroxylation is 2. The molecule has 1 aromatic carbocycles. The average Bonchev–Trinajstić information content (AvgIpc) is 3.06. The second-order valence-electron chi connectivity index (χ2n) is 7.40. The summed E-state index contributed by atoms with van der Waals surface area (Å²) in [6.07, 6.45) is 3.24. The smallest absolute Gasteiger partial charge is 0.266 e. The number of nitrogens with one attached hydrogen (secondary N) is 1. The Morgan fingerprint density at radius 2 is 1.93 bits per heavy atom. The van der Waals surface area contributed by atoms with Crippen molar-refractivity contribution in [2.24, 2.45) is 0 Å². The summed E-state index contributed by atoms with van der Waals surface area (Å²) in [4.78, 5) is 31.1. The van der Waals surface area contributed by atoms with Crippen LogP contribution in [0.2, 0.25) is 0 Å². The number of carbonyl (C=O) groups is 1. The Balaban J connectivity index is 1.84. The van der Waals surface area contributed by atoms with Crippen LogP contribution in [0, 0.1) is 19.7 Å². The van der Waals surface area contributed by atoms with E-state index in [1.165, 1.54) is 18.2 Å². The van der Waals surface area contributed by atoms with Gasteiger partial charge in [-0.05, 0) is 38.0 Å². The van der Waals surface area contributed by atoms with Crippen molar-refractivity contribution in [3.63, 3.8) is 0 Å². The predicted molar refractivity (Wildman–Crippen MR) is 110 cm³/mol. The highest BCUT2D eigenvalue weighted by molar-refractivity contribution is 5.79. The molecule has 2 heterocycles. The number of hydrogen-bond donors (Lipinski definition) is 1. The maximum Gasteiger partial charge on any atom is 0.266 e. The van der Waals surface area contributed by atoms with Crippen LogP contribution in [0.4, 0.5) is 4.39 Å². The molecular formula is C22H27FN4O2. The van der Waals surface area contributed by atoms with Crippen molar-refractivity contribution in [3.05, 3.63) is 69.0 Å². The summed E-state index contributed by atoms with van der Waals surface area (Å²) >= 11 is 0. The molecule has 0 atom stereocenters. The third kappa shape index (κ3) is 4.91. The van der Waals surface area contributed by atoms with E-state index >= 15 is 0 Å². The SMILES string of the molecule is CCCCCN(Cc1ccc(F)cc1)C(=O)Cc1c(C)nc2cc(=O)[nH]n2c1C. The summed E-state index contributed by atoms with van der Waals surface area (Å²) in [5.41, 5.74) is 3.58. The van der Waals surface area contributed by atoms with Crippen LogP contribution in [-0.4, -0.2) is 31.9 Å². The van der Waals surface area contributed by atoms with Gasteiger partial charge in [-0.15, -0.1) is 0 Å². The third-order valence-corrected chi connectivity index (χ3v) is 5.20. The van der Waals surface area contributed by atoms with Gasteiger partial charge in [0.1, 0.15) is 5.82 Å². The quantitative estimate of drug-likeness (QED) is 0.590. The molecule has 2 aromatic heterocycles. The molecule has 0 aliphatic heterocycles. The van der Waals surface area contributed by atoms with Crippen LogP contribution in [0.1, 0.15) is 48.7 Å². The highest BCUT2D eigenvalue weighted by Crippen LogP contribution is 2.17. The van der Waals surface area contributed by atoms with Crippen LogP contribution in [0.3, 0.4) is 0 Å². The Kier molecular flexibility index (Phi) is 6.46. The number of fused-ring (bicyclic) bond motifs is 1. The molecule has 0 spiro atoms. The number of hydrogen-bond acceptors (Lipinski definition) is 3. The fourth-order valence-corrected chi connectivity index (χ4v) is 3.53. The van der Waals surface area contributed by atoms with Crippen LogP contribution in [-0.2, 0) is 17.8 Å². The van der Waals surface area contributed by atoms with Gasteiger partial charge >= 0.3 is 0 Å². The van der Waals surface area contributed by atoms with Crippen LogP contribution < -0.4 is 5.56 Å². The van der Waals surface area contributed by atoms with E-state index in [-0.39, 0.29) is 23.7 Å². The Hall–Kier alpha value is -2.96. The first kappa shape index (κ1) is 20.8. The molecule has 7 heteroatoms. The van der Waals surface area contributed by atoms with Gasteiger partial charge in [0.05, 0.1) is 6.42 Å². The van der Waals surface area contributed by atoms with E-state index in [4.69, 9.17) is 0 Å². The summed E-state index contributed by atoms with van der Waals surface area (Å²) in [7, 11) is 0. The van der Waals surface area contributed by atoms with Gasteiger partial charge in [0.25, 0.3) is 5.56 Å². The van der Waals surface area contributed by atoms with Crippen LogP contribution in [0.15, 0.2) is 35.1 Å². The number of benzene rings is 1. The molecule has 154 valence electrons. The zero-order chi connectivity index (χ0) is 21.0. The largest absolute Gasteiger partial charge is 0.338 e. The normalized spacial score (nSPS) is 11.2.